The summed E-state index contributed by atoms with van der Waals surface area (Å²) in [5.41, 5.74) is 5.68. The lowest BCUT2D eigenvalue weighted by Gasteiger charge is -2.18. The standard InChI is InChI=1S/C19H17N3O3S2/c23-17(21-22-19(25)16-9-5-11-27-16)14(12-13-6-2-1-3-7-13)20-18(24)15-8-4-10-26-15/h1-11,14H,12H2,(H,20,24)(H,21,23)(H,22,25)/t14-/m0/s1. The Morgan fingerprint density at radius 1 is 0.778 bits per heavy atom. The van der Waals surface area contributed by atoms with Gasteiger partial charge in [0, 0.05) is 6.42 Å². The van der Waals surface area contributed by atoms with Crippen molar-refractivity contribution < 1.29 is 14.4 Å². The van der Waals surface area contributed by atoms with Crippen LogP contribution >= 0.6 is 22.7 Å². The van der Waals surface area contributed by atoms with E-state index in [1.807, 2.05) is 30.3 Å². The highest BCUT2D eigenvalue weighted by Crippen LogP contribution is 2.10. The molecule has 3 aromatic rings. The summed E-state index contributed by atoms with van der Waals surface area (Å²) in [5.74, 6) is -1.22. The van der Waals surface area contributed by atoms with E-state index in [2.05, 4.69) is 16.2 Å². The quantitative estimate of drug-likeness (QED) is 0.557. The SMILES string of the molecule is O=C(NNC(=O)[C@H](Cc1ccccc1)NC(=O)c1cccs1)c1cccs1. The fourth-order valence-electron chi connectivity index (χ4n) is 2.37. The van der Waals surface area contributed by atoms with Gasteiger partial charge >= 0.3 is 0 Å². The van der Waals surface area contributed by atoms with E-state index >= 15 is 0 Å². The maximum absolute atomic E-state index is 12.6. The van der Waals surface area contributed by atoms with E-state index in [9.17, 15) is 14.4 Å². The molecule has 0 aliphatic heterocycles. The number of nitrogens with one attached hydrogen (secondary N) is 3. The number of carbonyl (C=O) groups is 3. The van der Waals surface area contributed by atoms with Crippen molar-refractivity contribution in [2.24, 2.45) is 0 Å². The fourth-order valence-corrected chi connectivity index (χ4v) is 3.62. The Morgan fingerprint density at radius 2 is 1.41 bits per heavy atom. The van der Waals surface area contributed by atoms with Crippen LogP contribution < -0.4 is 16.2 Å². The van der Waals surface area contributed by atoms with Crippen molar-refractivity contribution >= 4 is 40.4 Å². The summed E-state index contributed by atoms with van der Waals surface area (Å²) in [4.78, 5) is 38.0. The van der Waals surface area contributed by atoms with E-state index in [4.69, 9.17) is 0 Å². The first-order valence-corrected chi connectivity index (χ1v) is 9.91. The summed E-state index contributed by atoms with van der Waals surface area (Å²) >= 11 is 2.57. The summed E-state index contributed by atoms with van der Waals surface area (Å²) in [6.07, 6.45) is 0.304. The molecule has 0 aliphatic rings. The van der Waals surface area contributed by atoms with Crippen molar-refractivity contribution in [3.63, 3.8) is 0 Å². The summed E-state index contributed by atoms with van der Waals surface area (Å²) < 4.78 is 0. The third-order valence-electron chi connectivity index (χ3n) is 3.69. The van der Waals surface area contributed by atoms with Crippen molar-refractivity contribution in [3.8, 4) is 0 Å². The van der Waals surface area contributed by atoms with Crippen molar-refractivity contribution in [3.05, 3.63) is 80.7 Å². The molecular formula is C19H17N3O3S2. The first-order chi connectivity index (χ1) is 13.1. The number of thiophene rings is 2. The fraction of sp³-hybridized carbons (Fsp3) is 0.105. The first-order valence-electron chi connectivity index (χ1n) is 8.15. The molecule has 0 aliphatic carbocycles. The maximum Gasteiger partial charge on any atom is 0.279 e. The highest BCUT2D eigenvalue weighted by atomic mass is 32.1. The first kappa shape index (κ1) is 18.8. The van der Waals surface area contributed by atoms with E-state index in [0.717, 1.165) is 5.56 Å². The average molecular weight is 399 g/mol. The Balaban J connectivity index is 1.67. The Bertz CT molecular complexity index is 894. The van der Waals surface area contributed by atoms with Crippen molar-refractivity contribution in [1.29, 1.82) is 0 Å². The molecule has 2 aromatic heterocycles. The van der Waals surface area contributed by atoms with Crippen LogP contribution in [-0.4, -0.2) is 23.8 Å². The van der Waals surface area contributed by atoms with Gasteiger partial charge in [0.2, 0.25) is 0 Å². The Kier molecular flexibility index (Phi) is 6.35. The molecule has 0 radical (unpaired) electrons. The minimum atomic E-state index is -0.828. The number of carbonyl (C=O) groups excluding carboxylic acids is 3. The Hall–Kier alpha value is -2.97. The van der Waals surface area contributed by atoms with Crippen LogP contribution in [0.4, 0.5) is 0 Å². The smallest absolute Gasteiger partial charge is 0.279 e. The molecule has 0 saturated carbocycles. The molecule has 138 valence electrons. The van der Waals surface area contributed by atoms with Crippen molar-refractivity contribution in [2.45, 2.75) is 12.5 Å². The van der Waals surface area contributed by atoms with Crippen molar-refractivity contribution in [2.75, 3.05) is 0 Å². The van der Waals surface area contributed by atoms with E-state index in [-0.39, 0.29) is 5.91 Å². The van der Waals surface area contributed by atoms with Gasteiger partial charge in [-0.3, -0.25) is 25.2 Å². The molecule has 0 spiro atoms. The van der Waals surface area contributed by atoms with Crippen molar-refractivity contribution in [1.82, 2.24) is 16.2 Å². The van der Waals surface area contributed by atoms with Gasteiger partial charge in [-0.25, -0.2) is 0 Å². The zero-order valence-corrected chi connectivity index (χ0v) is 15.8. The molecule has 1 aromatic carbocycles. The minimum absolute atomic E-state index is 0.304. The molecule has 0 bridgehead atoms. The minimum Gasteiger partial charge on any atom is -0.339 e. The van der Waals surface area contributed by atoms with Crippen LogP contribution in [0, 0.1) is 0 Å². The number of hydrogen-bond donors (Lipinski definition) is 3. The van der Waals surface area contributed by atoms with E-state index in [0.29, 0.717) is 16.2 Å². The Morgan fingerprint density at radius 3 is 2.00 bits per heavy atom. The van der Waals surface area contributed by atoms with Gasteiger partial charge in [0.25, 0.3) is 17.7 Å². The van der Waals surface area contributed by atoms with Crippen LogP contribution in [0.15, 0.2) is 65.4 Å². The second-order valence-electron chi connectivity index (χ2n) is 5.61. The lowest BCUT2D eigenvalue weighted by atomic mass is 10.1. The molecule has 2 heterocycles. The number of hydrazine groups is 1. The lowest BCUT2D eigenvalue weighted by Crippen LogP contribution is -2.53. The molecule has 3 amide bonds. The van der Waals surface area contributed by atoms with E-state index in [1.54, 1.807) is 35.0 Å². The van der Waals surface area contributed by atoms with Gasteiger partial charge in [-0.15, -0.1) is 22.7 Å². The van der Waals surface area contributed by atoms with Crippen LogP contribution in [0.2, 0.25) is 0 Å². The zero-order valence-electron chi connectivity index (χ0n) is 14.2. The van der Waals surface area contributed by atoms with Crippen LogP contribution in [0.1, 0.15) is 24.9 Å². The summed E-state index contributed by atoms with van der Waals surface area (Å²) in [6, 6.07) is 15.4. The molecule has 3 N–H and O–H groups in total. The molecule has 1 atom stereocenters. The number of rotatable bonds is 6. The molecule has 0 saturated heterocycles. The van der Waals surface area contributed by atoms with E-state index < -0.39 is 17.9 Å². The van der Waals surface area contributed by atoms with Gasteiger partial charge in [0.1, 0.15) is 6.04 Å². The number of hydrogen-bond acceptors (Lipinski definition) is 5. The Labute approximate surface area is 164 Å². The van der Waals surface area contributed by atoms with Gasteiger partial charge in [0.05, 0.1) is 9.75 Å². The zero-order chi connectivity index (χ0) is 19.1. The van der Waals surface area contributed by atoms with Crippen LogP contribution in [0.5, 0.6) is 0 Å². The molecule has 0 fully saturated rings. The van der Waals surface area contributed by atoms with Gasteiger partial charge in [-0.2, -0.15) is 0 Å². The summed E-state index contributed by atoms with van der Waals surface area (Å²) in [6.45, 7) is 0. The predicted octanol–water partition coefficient (Wildman–Crippen LogP) is 2.61. The molecule has 6 nitrogen and oxygen atoms in total. The van der Waals surface area contributed by atoms with Crippen LogP contribution in [0.25, 0.3) is 0 Å². The topological polar surface area (TPSA) is 87.3 Å². The highest BCUT2D eigenvalue weighted by Gasteiger charge is 2.23. The second-order valence-corrected chi connectivity index (χ2v) is 7.51. The second kappa shape index (κ2) is 9.11. The molecule has 27 heavy (non-hydrogen) atoms. The lowest BCUT2D eigenvalue weighted by molar-refractivity contribution is -0.123. The summed E-state index contributed by atoms with van der Waals surface area (Å²) in [5, 5.41) is 6.31. The number of benzene rings is 1. The van der Waals surface area contributed by atoms with Gasteiger partial charge in [-0.1, -0.05) is 42.5 Å². The predicted molar refractivity (Wildman–Crippen MR) is 106 cm³/mol. The van der Waals surface area contributed by atoms with Gasteiger partial charge < -0.3 is 5.32 Å². The van der Waals surface area contributed by atoms with Crippen LogP contribution in [-0.2, 0) is 11.2 Å². The maximum atomic E-state index is 12.6. The molecule has 8 heteroatoms. The molecular weight excluding hydrogens is 382 g/mol. The van der Waals surface area contributed by atoms with Gasteiger partial charge in [0.15, 0.2) is 0 Å². The molecule has 0 unspecified atom stereocenters. The monoisotopic (exact) mass is 399 g/mol. The number of amides is 3. The largest absolute Gasteiger partial charge is 0.339 e. The average Bonchev–Trinajstić information content (AvgIpc) is 3.40. The molecule has 3 rings (SSSR count). The third kappa shape index (κ3) is 5.25. The van der Waals surface area contributed by atoms with Crippen LogP contribution in [0.3, 0.4) is 0 Å². The van der Waals surface area contributed by atoms with Gasteiger partial charge in [-0.05, 0) is 28.5 Å². The third-order valence-corrected chi connectivity index (χ3v) is 5.43. The highest BCUT2D eigenvalue weighted by molar-refractivity contribution is 7.12. The normalized spacial score (nSPS) is 11.4. The summed E-state index contributed by atoms with van der Waals surface area (Å²) in [7, 11) is 0. The van der Waals surface area contributed by atoms with E-state index in [1.165, 1.54) is 22.7 Å².